The van der Waals surface area contributed by atoms with Crippen LogP contribution in [0.3, 0.4) is 0 Å². The Morgan fingerprint density at radius 1 is 1.38 bits per heavy atom. The van der Waals surface area contributed by atoms with Crippen molar-refractivity contribution in [2.75, 3.05) is 6.61 Å². The lowest BCUT2D eigenvalue weighted by molar-refractivity contribution is 0.0351. The van der Waals surface area contributed by atoms with E-state index in [1.54, 1.807) is 4.68 Å². The molecule has 1 aliphatic heterocycles. The number of benzene rings is 1. The van der Waals surface area contributed by atoms with E-state index < -0.39 is 0 Å². The van der Waals surface area contributed by atoms with E-state index in [0.29, 0.717) is 13.0 Å². The minimum absolute atomic E-state index is 0.111. The topological polar surface area (TPSA) is 44.1 Å². The second-order valence-electron chi connectivity index (χ2n) is 5.60. The molecule has 0 radical (unpaired) electrons. The second-order valence-corrected chi connectivity index (χ2v) is 5.60. The van der Waals surface area contributed by atoms with Crippen molar-refractivity contribution in [3.63, 3.8) is 0 Å². The summed E-state index contributed by atoms with van der Waals surface area (Å²) in [6, 6.07) is 8.23. The Balaban J connectivity index is 1.86. The molecule has 3 rings (SSSR count). The third kappa shape index (κ3) is 2.51. The number of carbonyl (C=O) groups excluding carboxylic acids is 1. The second kappa shape index (κ2) is 5.45. The molecule has 21 heavy (non-hydrogen) atoms. The minimum atomic E-state index is -0.138. The maximum absolute atomic E-state index is 12.6. The average Bonchev–Trinajstić information content (AvgIpc) is 2.72. The Kier molecular flexibility index (Phi) is 3.64. The van der Waals surface area contributed by atoms with Crippen molar-refractivity contribution < 1.29 is 9.53 Å². The molecule has 0 amide bonds. The van der Waals surface area contributed by atoms with Crippen molar-refractivity contribution in [3.8, 4) is 0 Å². The summed E-state index contributed by atoms with van der Waals surface area (Å²) in [4.78, 5) is 12.6. The number of ether oxygens (including phenoxy) is 1. The van der Waals surface area contributed by atoms with Gasteiger partial charge in [0.25, 0.3) is 0 Å². The third-order valence-corrected chi connectivity index (χ3v) is 4.25. The molecule has 1 aliphatic rings. The Bertz CT molecular complexity index is 688. The summed E-state index contributed by atoms with van der Waals surface area (Å²) in [6.07, 6.45) is 1.16. The highest BCUT2D eigenvalue weighted by Gasteiger charge is 2.26. The van der Waals surface area contributed by atoms with Crippen LogP contribution in [0.1, 0.15) is 45.4 Å². The molecule has 1 unspecified atom stereocenters. The number of aryl methyl sites for hydroxylation is 2. The van der Waals surface area contributed by atoms with Crippen LogP contribution >= 0.6 is 0 Å². The first-order valence-corrected chi connectivity index (χ1v) is 7.30. The van der Waals surface area contributed by atoms with Crippen molar-refractivity contribution in [2.24, 2.45) is 7.05 Å². The molecule has 0 spiro atoms. The quantitative estimate of drug-likeness (QED) is 0.814. The molecule has 2 aromatic rings. The van der Waals surface area contributed by atoms with Crippen LogP contribution in [-0.2, 0) is 18.2 Å². The van der Waals surface area contributed by atoms with Gasteiger partial charge in [-0.1, -0.05) is 24.3 Å². The Morgan fingerprint density at radius 3 is 2.86 bits per heavy atom. The molecule has 4 nitrogen and oxygen atoms in total. The molecule has 0 saturated carbocycles. The maximum atomic E-state index is 12.6. The molecule has 2 heterocycles. The van der Waals surface area contributed by atoms with Gasteiger partial charge in [-0.3, -0.25) is 9.48 Å². The van der Waals surface area contributed by atoms with E-state index in [1.807, 2.05) is 33.0 Å². The lowest BCUT2D eigenvalue weighted by Gasteiger charge is -2.25. The van der Waals surface area contributed by atoms with Crippen LogP contribution in [-0.4, -0.2) is 22.2 Å². The standard InChI is InChI=1S/C17H20N2O2/c1-11-17(12(2)19(3)18-11)15(20)10-16-14-7-5-4-6-13(14)8-9-21-16/h4-7,16H,8-10H2,1-3H3. The SMILES string of the molecule is Cc1nn(C)c(C)c1C(=O)CC1OCCc2ccccc21. The van der Waals surface area contributed by atoms with Crippen LogP contribution in [0.5, 0.6) is 0 Å². The van der Waals surface area contributed by atoms with Gasteiger partial charge in [0, 0.05) is 19.2 Å². The molecule has 0 aliphatic carbocycles. The van der Waals surface area contributed by atoms with Gasteiger partial charge in [-0.25, -0.2) is 0 Å². The molecule has 0 bridgehead atoms. The van der Waals surface area contributed by atoms with E-state index in [2.05, 4.69) is 17.2 Å². The van der Waals surface area contributed by atoms with Crippen molar-refractivity contribution in [1.29, 1.82) is 0 Å². The zero-order valence-electron chi connectivity index (χ0n) is 12.7. The van der Waals surface area contributed by atoms with E-state index in [4.69, 9.17) is 4.74 Å². The fraction of sp³-hybridized carbons (Fsp3) is 0.412. The third-order valence-electron chi connectivity index (χ3n) is 4.25. The molecule has 110 valence electrons. The van der Waals surface area contributed by atoms with Gasteiger partial charge in [-0.2, -0.15) is 5.10 Å². The maximum Gasteiger partial charge on any atom is 0.169 e. The molecule has 0 N–H and O–H groups in total. The lowest BCUT2D eigenvalue weighted by atomic mass is 9.93. The van der Waals surface area contributed by atoms with E-state index in [0.717, 1.165) is 28.9 Å². The summed E-state index contributed by atoms with van der Waals surface area (Å²) in [5, 5.41) is 4.32. The molecule has 4 heteroatoms. The number of nitrogens with zero attached hydrogens (tertiary/aromatic N) is 2. The number of rotatable bonds is 3. The van der Waals surface area contributed by atoms with Crippen LogP contribution in [0.2, 0.25) is 0 Å². The molecule has 0 fully saturated rings. The van der Waals surface area contributed by atoms with Crippen molar-refractivity contribution in [2.45, 2.75) is 32.8 Å². The van der Waals surface area contributed by atoms with Crippen LogP contribution < -0.4 is 0 Å². The summed E-state index contributed by atoms with van der Waals surface area (Å²) in [6.45, 7) is 4.50. The number of carbonyl (C=O) groups is 1. The summed E-state index contributed by atoms with van der Waals surface area (Å²) < 4.78 is 7.60. The first kappa shape index (κ1) is 14.0. The fourth-order valence-electron chi connectivity index (χ4n) is 3.09. The van der Waals surface area contributed by atoms with Crippen molar-refractivity contribution in [1.82, 2.24) is 9.78 Å². The van der Waals surface area contributed by atoms with Gasteiger partial charge >= 0.3 is 0 Å². The van der Waals surface area contributed by atoms with Crippen molar-refractivity contribution in [3.05, 3.63) is 52.3 Å². The monoisotopic (exact) mass is 284 g/mol. The Hall–Kier alpha value is -1.94. The average molecular weight is 284 g/mol. The summed E-state index contributed by atoms with van der Waals surface area (Å²) in [5.74, 6) is 0.111. The zero-order valence-corrected chi connectivity index (χ0v) is 12.7. The largest absolute Gasteiger partial charge is 0.373 e. The van der Waals surface area contributed by atoms with Gasteiger partial charge in [0.2, 0.25) is 0 Å². The van der Waals surface area contributed by atoms with Gasteiger partial charge in [0.1, 0.15) is 0 Å². The molecule has 1 atom stereocenters. The smallest absolute Gasteiger partial charge is 0.169 e. The van der Waals surface area contributed by atoms with E-state index >= 15 is 0 Å². The number of fused-ring (bicyclic) bond motifs is 1. The lowest BCUT2D eigenvalue weighted by Crippen LogP contribution is -2.19. The molecule has 0 saturated heterocycles. The highest BCUT2D eigenvalue weighted by Crippen LogP contribution is 2.31. The highest BCUT2D eigenvalue weighted by molar-refractivity contribution is 5.98. The van der Waals surface area contributed by atoms with Crippen LogP contribution in [0, 0.1) is 13.8 Å². The summed E-state index contributed by atoms with van der Waals surface area (Å²) >= 11 is 0. The van der Waals surface area contributed by atoms with Gasteiger partial charge in [0.15, 0.2) is 5.78 Å². The van der Waals surface area contributed by atoms with Crippen LogP contribution in [0.4, 0.5) is 0 Å². The molecule has 1 aromatic heterocycles. The summed E-state index contributed by atoms with van der Waals surface area (Å²) in [7, 11) is 1.87. The normalized spacial score (nSPS) is 17.6. The van der Waals surface area contributed by atoms with E-state index in [9.17, 15) is 4.79 Å². The Morgan fingerprint density at radius 2 is 2.14 bits per heavy atom. The van der Waals surface area contributed by atoms with Crippen LogP contribution in [0.15, 0.2) is 24.3 Å². The predicted octanol–water partition coefficient (Wildman–Crippen LogP) is 2.92. The number of ketones is 1. The van der Waals surface area contributed by atoms with Crippen LogP contribution in [0.25, 0.3) is 0 Å². The number of hydrogen-bond donors (Lipinski definition) is 0. The van der Waals surface area contributed by atoms with Gasteiger partial charge < -0.3 is 4.74 Å². The van der Waals surface area contributed by atoms with E-state index in [-0.39, 0.29) is 11.9 Å². The number of hydrogen-bond acceptors (Lipinski definition) is 3. The van der Waals surface area contributed by atoms with Gasteiger partial charge in [0.05, 0.1) is 24.0 Å². The minimum Gasteiger partial charge on any atom is -0.373 e. The van der Waals surface area contributed by atoms with Crippen molar-refractivity contribution >= 4 is 5.78 Å². The first-order chi connectivity index (χ1) is 10.1. The molecule has 1 aromatic carbocycles. The summed E-state index contributed by atoms with van der Waals surface area (Å²) in [5.41, 5.74) is 4.90. The predicted molar refractivity (Wildman–Crippen MR) is 80.5 cm³/mol. The van der Waals surface area contributed by atoms with E-state index in [1.165, 1.54) is 5.56 Å². The van der Waals surface area contributed by atoms with Gasteiger partial charge in [-0.15, -0.1) is 0 Å². The highest BCUT2D eigenvalue weighted by atomic mass is 16.5. The zero-order chi connectivity index (χ0) is 15.0. The fourth-order valence-corrected chi connectivity index (χ4v) is 3.09. The molecular formula is C17H20N2O2. The Labute approximate surface area is 124 Å². The number of Topliss-reactive ketones (excluding diaryl/α,β-unsaturated/α-hetero) is 1. The number of aromatic nitrogens is 2. The first-order valence-electron chi connectivity index (χ1n) is 7.30. The molecular weight excluding hydrogens is 264 g/mol. The van der Waals surface area contributed by atoms with Gasteiger partial charge in [-0.05, 0) is 31.4 Å².